The zero-order chi connectivity index (χ0) is 14.5. The maximum absolute atomic E-state index is 6.43. The third kappa shape index (κ3) is 2.75. The number of hydrogen-bond acceptors (Lipinski definition) is 4. The van der Waals surface area contributed by atoms with E-state index in [9.17, 15) is 0 Å². The van der Waals surface area contributed by atoms with Gasteiger partial charge in [-0.05, 0) is 41.8 Å². The number of nitrogens with two attached hydrogens (primary N) is 1. The second-order valence-corrected chi connectivity index (χ2v) is 4.51. The average Bonchev–Trinajstić information content (AvgIpc) is 2.53. The molecule has 106 valence electrons. The van der Waals surface area contributed by atoms with Crippen LogP contribution in [0.5, 0.6) is 11.5 Å². The fourth-order valence-electron chi connectivity index (χ4n) is 2.29. The first-order chi connectivity index (χ1) is 9.71. The molecule has 1 unspecified atom stereocenters. The molecule has 4 nitrogen and oxygen atoms in total. The molecule has 1 aromatic carbocycles. The number of aryl methyl sites for hydroxylation is 1. The molecule has 20 heavy (non-hydrogen) atoms. The van der Waals surface area contributed by atoms with Gasteiger partial charge in [0.1, 0.15) is 11.5 Å². The van der Waals surface area contributed by atoms with Gasteiger partial charge in [0.25, 0.3) is 0 Å². The molecule has 0 aliphatic rings. The molecule has 4 heteroatoms. The summed E-state index contributed by atoms with van der Waals surface area (Å²) in [6.07, 6.45) is 4.52. The second-order valence-electron chi connectivity index (χ2n) is 4.51. The van der Waals surface area contributed by atoms with Gasteiger partial charge in [0.15, 0.2) is 0 Å². The highest BCUT2D eigenvalue weighted by Gasteiger charge is 2.17. The Morgan fingerprint density at radius 1 is 1.15 bits per heavy atom. The van der Waals surface area contributed by atoms with Crippen molar-refractivity contribution in [2.45, 2.75) is 19.4 Å². The molecule has 0 aliphatic carbocycles. The minimum atomic E-state index is -0.266. The Morgan fingerprint density at radius 2 is 1.95 bits per heavy atom. The predicted octanol–water partition coefficient (Wildman–Crippen LogP) is 2.71. The van der Waals surface area contributed by atoms with Gasteiger partial charge >= 0.3 is 0 Å². The number of pyridine rings is 1. The van der Waals surface area contributed by atoms with Crippen LogP contribution in [0.1, 0.15) is 29.7 Å². The first-order valence-corrected chi connectivity index (χ1v) is 6.61. The maximum Gasteiger partial charge on any atom is 0.124 e. The highest BCUT2D eigenvalue weighted by atomic mass is 16.5. The monoisotopic (exact) mass is 272 g/mol. The van der Waals surface area contributed by atoms with Crippen molar-refractivity contribution in [3.8, 4) is 11.5 Å². The van der Waals surface area contributed by atoms with Gasteiger partial charge in [-0.2, -0.15) is 0 Å². The smallest absolute Gasteiger partial charge is 0.124 e. The normalized spacial score (nSPS) is 12.0. The van der Waals surface area contributed by atoms with Crippen LogP contribution < -0.4 is 15.2 Å². The topological polar surface area (TPSA) is 57.4 Å². The zero-order valence-electron chi connectivity index (χ0n) is 12.1. The van der Waals surface area contributed by atoms with Crippen molar-refractivity contribution >= 4 is 0 Å². The highest BCUT2D eigenvalue weighted by molar-refractivity contribution is 5.47. The van der Waals surface area contributed by atoms with Crippen molar-refractivity contribution in [3.05, 3.63) is 53.3 Å². The third-order valence-electron chi connectivity index (χ3n) is 3.43. The quantitative estimate of drug-likeness (QED) is 0.909. The summed E-state index contributed by atoms with van der Waals surface area (Å²) in [4.78, 5) is 4.16. The number of ether oxygens (including phenoxy) is 2. The molecule has 0 spiro atoms. The summed E-state index contributed by atoms with van der Waals surface area (Å²) >= 11 is 0. The van der Waals surface area contributed by atoms with Crippen LogP contribution >= 0.6 is 0 Å². The van der Waals surface area contributed by atoms with E-state index in [-0.39, 0.29) is 6.04 Å². The molecule has 1 heterocycles. The zero-order valence-corrected chi connectivity index (χ0v) is 12.1. The summed E-state index contributed by atoms with van der Waals surface area (Å²) in [5.74, 6) is 1.53. The number of rotatable bonds is 5. The maximum atomic E-state index is 6.43. The van der Waals surface area contributed by atoms with E-state index in [0.29, 0.717) is 0 Å². The number of nitrogens with zero attached hydrogens (tertiary/aromatic N) is 1. The van der Waals surface area contributed by atoms with Gasteiger partial charge in [0.2, 0.25) is 0 Å². The molecular weight excluding hydrogens is 252 g/mol. The van der Waals surface area contributed by atoms with Crippen molar-refractivity contribution in [1.82, 2.24) is 4.98 Å². The number of aromatic nitrogens is 1. The Balaban J connectivity index is 2.49. The van der Waals surface area contributed by atoms with Crippen molar-refractivity contribution < 1.29 is 9.47 Å². The van der Waals surface area contributed by atoms with E-state index >= 15 is 0 Å². The molecule has 0 fully saturated rings. The molecule has 1 atom stereocenters. The molecule has 2 aromatic rings. The van der Waals surface area contributed by atoms with Crippen LogP contribution in [-0.2, 0) is 6.42 Å². The minimum absolute atomic E-state index is 0.266. The van der Waals surface area contributed by atoms with Gasteiger partial charge in [-0.1, -0.05) is 6.92 Å². The second kappa shape index (κ2) is 6.39. The Hall–Kier alpha value is -2.07. The SMILES string of the molecule is CCc1cnccc1C(N)c1cc(OC)ccc1OC. The van der Waals surface area contributed by atoms with Crippen molar-refractivity contribution in [1.29, 1.82) is 0 Å². The fraction of sp³-hybridized carbons (Fsp3) is 0.312. The summed E-state index contributed by atoms with van der Waals surface area (Å²) in [5, 5.41) is 0. The van der Waals surface area contributed by atoms with E-state index in [0.717, 1.165) is 34.6 Å². The highest BCUT2D eigenvalue weighted by Crippen LogP contribution is 2.32. The van der Waals surface area contributed by atoms with Crippen molar-refractivity contribution in [3.63, 3.8) is 0 Å². The van der Waals surface area contributed by atoms with Crippen LogP contribution in [-0.4, -0.2) is 19.2 Å². The van der Waals surface area contributed by atoms with Crippen LogP contribution in [0.25, 0.3) is 0 Å². The number of hydrogen-bond donors (Lipinski definition) is 1. The van der Waals surface area contributed by atoms with Gasteiger partial charge in [0.05, 0.1) is 20.3 Å². The molecule has 2 rings (SSSR count). The van der Waals surface area contributed by atoms with Gasteiger partial charge in [-0.25, -0.2) is 0 Å². The Bertz CT molecular complexity index is 584. The lowest BCUT2D eigenvalue weighted by Gasteiger charge is -2.19. The van der Waals surface area contributed by atoms with Crippen LogP contribution in [0.15, 0.2) is 36.7 Å². The molecule has 0 aliphatic heterocycles. The van der Waals surface area contributed by atoms with Gasteiger partial charge in [-0.15, -0.1) is 0 Å². The number of benzene rings is 1. The molecule has 0 bridgehead atoms. The van der Waals surface area contributed by atoms with E-state index in [1.54, 1.807) is 20.4 Å². The van der Waals surface area contributed by atoms with E-state index in [2.05, 4.69) is 11.9 Å². The molecule has 0 radical (unpaired) electrons. The summed E-state index contributed by atoms with van der Waals surface area (Å²) in [7, 11) is 3.28. The van der Waals surface area contributed by atoms with E-state index in [4.69, 9.17) is 15.2 Å². The molecule has 2 N–H and O–H groups in total. The Kier molecular flexibility index (Phi) is 4.58. The van der Waals surface area contributed by atoms with Crippen LogP contribution in [0, 0.1) is 0 Å². The largest absolute Gasteiger partial charge is 0.497 e. The van der Waals surface area contributed by atoms with Gasteiger partial charge < -0.3 is 15.2 Å². The lowest BCUT2D eigenvalue weighted by Crippen LogP contribution is -2.15. The Labute approximate surface area is 119 Å². The van der Waals surface area contributed by atoms with E-state index < -0.39 is 0 Å². The van der Waals surface area contributed by atoms with E-state index in [1.165, 1.54) is 0 Å². The van der Waals surface area contributed by atoms with Crippen LogP contribution in [0.4, 0.5) is 0 Å². The fourth-order valence-corrected chi connectivity index (χ4v) is 2.29. The molecule has 0 saturated heterocycles. The first kappa shape index (κ1) is 14.3. The summed E-state index contributed by atoms with van der Waals surface area (Å²) in [5.41, 5.74) is 9.55. The van der Waals surface area contributed by atoms with Crippen LogP contribution in [0.3, 0.4) is 0 Å². The third-order valence-corrected chi connectivity index (χ3v) is 3.43. The van der Waals surface area contributed by atoms with Gasteiger partial charge in [-0.3, -0.25) is 4.98 Å². The van der Waals surface area contributed by atoms with Crippen molar-refractivity contribution in [2.75, 3.05) is 14.2 Å². The predicted molar refractivity (Wildman–Crippen MR) is 79.2 cm³/mol. The Morgan fingerprint density at radius 3 is 2.60 bits per heavy atom. The van der Waals surface area contributed by atoms with Gasteiger partial charge in [0, 0.05) is 18.0 Å². The summed E-state index contributed by atoms with van der Waals surface area (Å²) in [6, 6.07) is 7.35. The van der Waals surface area contributed by atoms with Crippen LogP contribution in [0.2, 0.25) is 0 Å². The first-order valence-electron chi connectivity index (χ1n) is 6.61. The lowest BCUT2D eigenvalue weighted by atomic mass is 9.94. The minimum Gasteiger partial charge on any atom is -0.497 e. The molecular formula is C16H20N2O2. The van der Waals surface area contributed by atoms with E-state index in [1.807, 2.05) is 30.5 Å². The molecule has 1 aromatic heterocycles. The van der Waals surface area contributed by atoms with Crippen molar-refractivity contribution in [2.24, 2.45) is 5.73 Å². The summed E-state index contributed by atoms with van der Waals surface area (Å²) < 4.78 is 10.7. The standard InChI is InChI=1S/C16H20N2O2/c1-4-11-10-18-8-7-13(11)16(17)14-9-12(19-2)5-6-15(14)20-3/h5-10,16H,4,17H2,1-3H3. The number of methoxy groups -OCH3 is 2. The summed E-state index contributed by atoms with van der Waals surface area (Å²) in [6.45, 7) is 2.09. The molecule has 0 saturated carbocycles. The average molecular weight is 272 g/mol. The lowest BCUT2D eigenvalue weighted by molar-refractivity contribution is 0.397. The molecule has 0 amide bonds.